The maximum atomic E-state index is 9.74. The van der Waals surface area contributed by atoms with Crippen molar-refractivity contribution in [3.8, 4) is 6.07 Å². The topological polar surface area (TPSA) is 53.2 Å². The minimum atomic E-state index is 0.592. The number of carbonyl (C=O) groups excluding carboxylic acids is 1. The zero-order valence-electron chi connectivity index (χ0n) is 6.02. The maximum absolute atomic E-state index is 9.74. The Morgan fingerprint density at radius 2 is 2.00 bits per heavy atom. The molecule has 1 rings (SSSR count). The quantitative estimate of drug-likeness (QED) is 0.393. The van der Waals surface area contributed by atoms with Crippen molar-refractivity contribution in [2.75, 3.05) is 0 Å². The summed E-state index contributed by atoms with van der Waals surface area (Å²) in [6.07, 6.45) is 1.42. The van der Waals surface area contributed by atoms with Gasteiger partial charge in [0, 0.05) is 16.8 Å². The van der Waals surface area contributed by atoms with Crippen LogP contribution in [0.15, 0.2) is 33.6 Å². The minimum Gasteiger partial charge on any atom is -0.210 e. The zero-order valence-corrected chi connectivity index (χ0v) is 6.84. The number of nitriles is 1. The Balaban J connectivity index is 2.79. The smallest absolute Gasteiger partial charge is 0.210 e. The molecule has 4 heteroatoms. The molecule has 0 aliphatic rings. The highest BCUT2D eigenvalue weighted by atomic mass is 32.2. The Morgan fingerprint density at radius 3 is 2.50 bits per heavy atom. The standard InChI is InChI=1S/C8H4N2OS/c9-5-7-1-3-8(4-2-7)12-10-6-11/h1-4H. The molecule has 12 heavy (non-hydrogen) atoms. The lowest BCUT2D eigenvalue weighted by atomic mass is 10.2. The lowest BCUT2D eigenvalue weighted by Crippen LogP contribution is -1.72. The van der Waals surface area contributed by atoms with Crippen molar-refractivity contribution in [3.05, 3.63) is 29.8 Å². The largest absolute Gasteiger partial charge is 0.247 e. The summed E-state index contributed by atoms with van der Waals surface area (Å²) < 4.78 is 3.33. The van der Waals surface area contributed by atoms with Crippen LogP contribution < -0.4 is 0 Å². The van der Waals surface area contributed by atoms with E-state index in [1.54, 1.807) is 24.3 Å². The fourth-order valence-electron chi connectivity index (χ4n) is 0.662. The monoisotopic (exact) mass is 176 g/mol. The molecule has 58 valence electrons. The van der Waals surface area contributed by atoms with E-state index >= 15 is 0 Å². The third kappa shape index (κ3) is 2.24. The number of hydrogen-bond acceptors (Lipinski definition) is 4. The van der Waals surface area contributed by atoms with E-state index in [2.05, 4.69) is 4.40 Å². The van der Waals surface area contributed by atoms with E-state index in [1.807, 2.05) is 6.07 Å². The molecule has 3 nitrogen and oxygen atoms in total. The van der Waals surface area contributed by atoms with Gasteiger partial charge in [-0.15, -0.1) is 4.40 Å². The first-order valence-corrected chi connectivity index (χ1v) is 3.88. The van der Waals surface area contributed by atoms with Crippen LogP contribution >= 0.6 is 11.9 Å². The van der Waals surface area contributed by atoms with Gasteiger partial charge in [0.15, 0.2) is 0 Å². The normalized spacial score (nSPS) is 8.25. The van der Waals surface area contributed by atoms with E-state index in [0.29, 0.717) is 5.56 Å². The molecule has 0 bridgehead atoms. The van der Waals surface area contributed by atoms with E-state index in [-0.39, 0.29) is 0 Å². The predicted octanol–water partition coefficient (Wildman–Crippen LogP) is 1.90. The molecule has 0 spiro atoms. The molecule has 0 fully saturated rings. The van der Waals surface area contributed by atoms with Gasteiger partial charge in [0.05, 0.1) is 11.6 Å². The van der Waals surface area contributed by atoms with Crippen molar-refractivity contribution in [3.63, 3.8) is 0 Å². The van der Waals surface area contributed by atoms with Gasteiger partial charge >= 0.3 is 0 Å². The second kappa shape index (κ2) is 4.35. The van der Waals surface area contributed by atoms with Crippen LogP contribution in [0.4, 0.5) is 0 Å². The van der Waals surface area contributed by atoms with Gasteiger partial charge < -0.3 is 0 Å². The maximum Gasteiger partial charge on any atom is 0.247 e. The molecule has 0 saturated carbocycles. The fraction of sp³-hybridized carbons (Fsp3) is 0. The summed E-state index contributed by atoms with van der Waals surface area (Å²) in [7, 11) is 0. The van der Waals surface area contributed by atoms with Crippen LogP contribution in [-0.2, 0) is 4.79 Å². The third-order valence-corrected chi connectivity index (χ3v) is 1.82. The molecule has 0 radical (unpaired) electrons. The SMILES string of the molecule is N#Cc1ccc(SN=C=O)cc1. The third-order valence-electron chi connectivity index (χ3n) is 1.17. The van der Waals surface area contributed by atoms with Gasteiger partial charge in [-0.05, 0) is 24.3 Å². The molecule has 0 aliphatic carbocycles. The zero-order chi connectivity index (χ0) is 8.81. The molecule has 0 heterocycles. The molecule has 0 unspecified atom stereocenters. The summed E-state index contributed by atoms with van der Waals surface area (Å²) in [4.78, 5) is 10.6. The van der Waals surface area contributed by atoms with Gasteiger partial charge in [-0.1, -0.05) is 0 Å². The van der Waals surface area contributed by atoms with Gasteiger partial charge in [0.1, 0.15) is 0 Å². The molecule has 1 aromatic rings. The van der Waals surface area contributed by atoms with Crippen molar-refractivity contribution in [2.45, 2.75) is 4.90 Å². The fourth-order valence-corrected chi connectivity index (χ4v) is 1.06. The van der Waals surface area contributed by atoms with E-state index in [0.717, 1.165) is 16.8 Å². The first-order chi connectivity index (χ1) is 5.86. The number of nitrogens with zero attached hydrogens (tertiary/aromatic N) is 2. The van der Waals surface area contributed by atoms with Crippen molar-refractivity contribution >= 4 is 18.0 Å². The second-order valence-corrected chi connectivity index (χ2v) is 2.75. The van der Waals surface area contributed by atoms with Crippen LogP contribution in [0.25, 0.3) is 0 Å². The van der Waals surface area contributed by atoms with Crippen LogP contribution in [-0.4, -0.2) is 6.08 Å². The first-order valence-electron chi connectivity index (χ1n) is 3.11. The van der Waals surface area contributed by atoms with Crippen molar-refractivity contribution in [1.82, 2.24) is 0 Å². The summed E-state index contributed by atoms with van der Waals surface area (Å²) >= 11 is 1.03. The number of benzene rings is 1. The molecule has 0 amide bonds. The first kappa shape index (κ1) is 8.54. The summed E-state index contributed by atoms with van der Waals surface area (Å²) in [5.74, 6) is 0. The van der Waals surface area contributed by atoms with E-state index < -0.39 is 0 Å². The highest BCUT2D eigenvalue weighted by Gasteiger charge is 1.92. The Morgan fingerprint density at radius 1 is 1.33 bits per heavy atom. The van der Waals surface area contributed by atoms with E-state index in [1.165, 1.54) is 6.08 Å². The number of isocyanates is 1. The summed E-state index contributed by atoms with van der Waals surface area (Å²) in [5, 5.41) is 8.46. The number of rotatable bonds is 2. The van der Waals surface area contributed by atoms with Gasteiger partial charge in [-0.25, -0.2) is 4.79 Å². The summed E-state index contributed by atoms with van der Waals surface area (Å²) in [6, 6.07) is 8.78. The van der Waals surface area contributed by atoms with Crippen LogP contribution in [0.1, 0.15) is 5.56 Å². The van der Waals surface area contributed by atoms with Gasteiger partial charge in [-0.3, -0.25) is 0 Å². The molecular weight excluding hydrogens is 172 g/mol. The Bertz CT molecular complexity index is 346. The molecule has 0 aromatic heterocycles. The highest BCUT2D eigenvalue weighted by Crippen LogP contribution is 2.18. The van der Waals surface area contributed by atoms with Crippen LogP contribution in [0, 0.1) is 11.3 Å². The molecular formula is C8H4N2OS. The highest BCUT2D eigenvalue weighted by molar-refractivity contribution is 7.98. The Labute approximate surface area is 73.9 Å². The molecule has 0 aliphatic heterocycles. The van der Waals surface area contributed by atoms with Crippen molar-refractivity contribution in [1.29, 1.82) is 5.26 Å². The lowest BCUT2D eigenvalue weighted by Gasteiger charge is -1.91. The molecule has 0 saturated heterocycles. The summed E-state index contributed by atoms with van der Waals surface area (Å²) in [5.41, 5.74) is 0.592. The predicted molar refractivity (Wildman–Crippen MR) is 45.1 cm³/mol. The summed E-state index contributed by atoms with van der Waals surface area (Å²) in [6.45, 7) is 0. The lowest BCUT2D eigenvalue weighted by molar-refractivity contribution is 0.566. The molecule has 0 N–H and O–H groups in total. The van der Waals surface area contributed by atoms with Gasteiger partial charge in [-0.2, -0.15) is 5.26 Å². The van der Waals surface area contributed by atoms with Crippen LogP contribution in [0.2, 0.25) is 0 Å². The van der Waals surface area contributed by atoms with Crippen LogP contribution in [0.5, 0.6) is 0 Å². The Hall–Kier alpha value is -1.56. The van der Waals surface area contributed by atoms with E-state index in [4.69, 9.17) is 5.26 Å². The molecule has 1 aromatic carbocycles. The van der Waals surface area contributed by atoms with Crippen LogP contribution in [0.3, 0.4) is 0 Å². The average Bonchev–Trinajstić information content (AvgIpc) is 2.15. The second-order valence-electron chi connectivity index (χ2n) is 1.91. The Kier molecular flexibility index (Phi) is 3.09. The van der Waals surface area contributed by atoms with Gasteiger partial charge in [0.25, 0.3) is 0 Å². The molecule has 0 atom stereocenters. The van der Waals surface area contributed by atoms with E-state index in [9.17, 15) is 4.79 Å². The minimum absolute atomic E-state index is 0.592. The average molecular weight is 176 g/mol. The van der Waals surface area contributed by atoms with Gasteiger partial charge in [0.2, 0.25) is 6.08 Å². The van der Waals surface area contributed by atoms with Crippen molar-refractivity contribution < 1.29 is 4.79 Å². The number of hydrogen-bond donors (Lipinski definition) is 0. The van der Waals surface area contributed by atoms with Crippen molar-refractivity contribution in [2.24, 2.45) is 4.40 Å².